The second-order valence-electron chi connectivity index (χ2n) is 2.02. The van der Waals surface area contributed by atoms with Crippen LogP contribution >= 0.6 is 27.7 Å². The molecule has 0 fully saturated rings. The van der Waals surface area contributed by atoms with E-state index in [0.717, 1.165) is 6.07 Å². The fourth-order valence-corrected chi connectivity index (χ4v) is 1.79. The summed E-state index contributed by atoms with van der Waals surface area (Å²) in [6.45, 7) is 0. The molecule has 1 aromatic rings. The molecule has 1 aromatic heterocycles. The molecule has 0 aliphatic rings. The number of halogens is 4. The molecule has 2 nitrogen and oxygen atoms in total. The lowest BCUT2D eigenvalue weighted by Crippen LogP contribution is -1.98. The van der Waals surface area contributed by atoms with Crippen molar-refractivity contribution in [2.24, 2.45) is 0 Å². The number of nitrogens with zero attached hydrogens (tertiary/aromatic N) is 1. The molecular formula is C6H2BrF3N2S. The smallest absolute Gasteiger partial charge is 0.343 e. The minimum atomic E-state index is -4.34. The average molecular weight is 271 g/mol. The van der Waals surface area contributed by atoms with E-state index in [2.05, 4.69) is 20.9 Å². The summed E-state index contributed by atoms with van der Waals surface area (Å²) in [7, 11) is 0. The standard InChI is InChI=1S/C6H2BrF3N2S/c7-5-3(2-11)1-4(12-5)13-6(8,9)10/h1,12H. The van der Waals surface area contributed by atoms with Gasteiger partial charge in [0.25, 0.3) is 0 Å². The SMILES string of the molecule is N#Cc1cc(SC(F)(F)F)[nH]c1Br. The molecule has 13 heavy (non-hydrogen) atoms. The topological polar surface area (TPSA) is 39.6 Å². The third kappa shape index (κ3) is 2.97. The molecule has 1 rings (SSSR count). The van der Waals surface area contributed by atoms with Gasteiger partial charge in [-0.05, 0) is 22.0 Å². The highest BCUT2D eigenvalue weighted by Crippen LogP contribution is 2.37. The highest BCUT2D eigenvalue weighted by molar-refractivity contribution is 9.10. The Balaban J connectivity index is 2.87. The molecule has 1 heterocycles. The molecule has 0 aromatic carbocycles. The van der Waals surface area contributed by atoms with Gasteiger partial charge in [0.15, 0.2) is 0 Å². The molecule has 0 radical (unpaired) electrons. The Labute approximate surface area is 84.3 Å². The first-order valence-electron chi connectivity index (χ1n) is 2.97. The van der Waals surface area contributed by atoms with Crippen LogP contribution in [0.15, 0.2) is 15.7 Å². The maximum atomic E-state index is 11.8. The molecular weight excluding hydrogens is 269 g/mol. The Hall–Kier alpha value is -0.610. The number of rotatable bonds is 1. The largest absolute Gasteiger partial charge is 0.447 e. The van der Waals surface area contributed by atoms with E-state index in [9.17, 15) is 13.2 Å². The van der Waals surface area contributed by atoms with Crippen molar-refractivity contribution in [3.8, 4) is 6.07 Å². The second-order valence-corrected chi connectivity index (χ2v) is 3.92. The van der Waals surface area contributed by atoms with Crippen molar-refractivity contribution in [1.82, 2.24) is 4.98 Å². The number of aromatic amines is 1. The molecule has 0 aliphatic carbocycles. The zero-order chi connectivity index (χ0) is 10.1. The van der Waals surface area contributed by atoms with E-state index in [0.29, 0.717) is 0 Å². The Bertz CT molecular complexity index is 352. The van der Waals surface area contributed by atoms with Crippen LogP contribution in [0.4, 0.5) is 13.2 Å². The summed E-state index contributed by atoms with van der Waals surface area (Å²) in [6, 6.07) is 2.88. The summed E-state index contributed by atoms with van der Waals surface area (Å²) >= 11 is 2.64. The summed E-state index contributed by atoms with van der Waals surface area (Å²) < 4.78 is 35.8. The van der Waals surface area contributed by atoms with E-state index in [1.165, 1.54) is 0 Å². The minimum Gasteiger partial charge on any atom is -0.343 e. The van der Waals surface area contributed by atoms with Gasteiger partial charge < -0.3 is 4.98 Å². The number of alkyl halides is 3. The van der Waals surface area contributed by atoms with Crippen LogP contribution in [0.1, 0.15) is 5.56 Å². The minimum absolute atomic E-state index is 0.101. The van der Waals surface area contributed by atoms with Crippen LogP contribution in [0.3, 0.4) is 0 Å². The van der Waals surface area contributed by atoms with Crippen LogP contribution in [0, 0.1) is 11.3 Å². The first-order chi connectivity index (χ1) is 5.92. The molecule has 0 saturated carbocycles. The molecule has 0 atom stereocenters. The second kappa shape index (κ2) is 3.64. The van der Waals surface area contributed by atoms with Crippen LogP contribution in [0.5, 0.6) is 0 Å². The van der Waals surface area contributed by atoms with E-state index in [4.69, 9.17) is 5.26 Å². The molecule has 0 unspecified atom stereocenters. The summed E-state index contributed by atoms with van der Waals surface area (Å²) in [5, 5.41) is 8.34. The van der Waals surface area contributed by atoms with Gasteiger partial charge in [0.05, 0.1) is 10.6 Å². The molecule has 0 bridgehead atoms. The van der Waals surface area contributed by atoms with Crippen molar-refractivity contribution < 1.29 is 13.2 Å². The third-order valence-corrected chi connectivity index (χ3v) is 2.39. The molecule has 70 valence electrons. The van der Waals surface area contributed by atoms with Crippen molar-refractivity contribution in [2.75, 3.05) is 0 Å². The van der Waals surface area contributed by atoms with Gasteiger partial charge in [0.2, 0.25) is 0 Å². The van der Waals surface area contributed by atoms with Crippen molar-refractivity contribution in [1.29, 1.82) is 5.26 Å². The zero-order valence-electron chi connectivity index (χ0n) is 5.94. The fraction of sp³-hybridized carbons (Fsp3) is 0.167. The zero-order valence-corrected chi connectivity index (χ0v) is 8.35. The number of hydrogen-bond donors (Lipinski definition) is 1. The molecule has 7 heteroatoms. The summed E-state index contributed by atoms with van der Waals surface area (Å²) in [6.07, 6.45) is 0. The molecule has 0 spiro atoms. The van der Waals surface area contributed by atoms with E-state index >= 15 is 0 Å². The van der Waals surface area contributed by atoms with Crippen molar-refractivity contribution in [2.45, 2.75) is 10.5 Å². The summed E-state index contributed by atoms with van der Waals surface area (Å²) in [5.74, 6) is 0. The van der Waals surface area contributed by atoms with Crippen LogP contribution in [0.25, 0.3) is 0 Å². The molecule has 0 saturated heterocycles. The van der Waals surface area contributed by atoms with Gasteiger partial charge in [0.1, 0.15) is 10.7 Å². The van der Waals surface area contributed by atoms with Crippen molar-refractivity contribution in [3.05, 3.63) is 16.2 Å². The number of aromatic nitrogens is 1. The predicted molar refractivity (Wildman–Crippen MR) is 45.1 cm³/mol. The quantitative estimate of drug-likeness (QED) is 0.796. The predicted octanol–water partition coefficient (Wildman–Crippen LogP) is 3.26. The van der Waals surface area contributed by atoms with Gasteiger partial charge >= 0.3 is 5.51 Å². The normalized spacial score (nSPS) is 11.3. The molecule has 0 aliphatic heterocycles. The maximum absolute atomic E-state index is 11.8. The molecule has 0 amide bonds. The van der Waals surface area contributed by atoms with E-state index < -0.39 is 5.51 Å². The van der Waals surface area contributed by atoms with Gasteiger partial charge in [-0.1, -0.05) is 0 Å². The van der Waals surface area contributed by atoms with Crippen LogP contribution in [-0.4, -0.2) is 10.5 Å². The van der Waals surface area contributed by atoms with Crippen LogP contribution in [0.2, 0.25) is 0 Å². The molecule has 1 N–H and O–H groups in total. The number of hydrogen-bond acceptors (Lipinski definition) is 2. The monoisotopic (exact) mass is 270 g/mol. The van der Waals surface area contributed by atoms with Gasteiger partial charge in [-0.15, -0.1) is 0 Å². The Morgan fingerprint density at radius 2 is 2.15 bits per heavy atom. The van der Waals surface area contributed by atoms with E-state index in [-0.39, 0.29) is 27.0 Å². The van der Waals surface area contributed by atoms with Gasteiger partial charge in [0, 0.05) is 11.8 Å². The maximum Gasteiger partial charge on any atom is 0.447 e. The van der Waals surface area contributed by atoms with Crippen LogP contribution in [-0.2, 0) is 0 Å². The Kier molecular flexibility index (Phi) is 2.93. The van der Waals surface area contributed by atoms with Gasteiger partial charge in [-0.25, -0.2) is 0 Å². The Morgan fingerprint density at radius 1 is 1.54 bits per heavy atom. The first-order valence-corrected chi connectivity index (χ1v) is 4.57. The number of H-pyrrole nitrogens is 1. The lowest BCUT2D eigenvalue weighted by molar-refractivity contribution is -0.0329. The van der Waals surface area contributed by atoms with Crippen LogP contribution < -0.4 is 0 Å². The lowest BCUT2D eigenvalue weighted by Gasteiger charge is -2.01. The number of nitrogens with one attached hydrogen (secondary N) is 1. The van der Waals surface area contributed by atoms with Gasteiger partial charge in [-0.2, -0.15) is 18.4 Å². The third-order valence-electron chi connectivity index (χ3n) is 1.09. The Morgan fingerprint density at radius 3 is 2.54 bits per heavy atom. The fourth-order valence-electron chi connectivity index (χ4n) is 0.667. The first kappa shape index (κ1) is 10.5. The average Bonchev–Trinajstić information content (AvgIpc) is 2.26. The van der Waals surface area contributed by atoms with E-state index in [1.54, 1.807) is 6.07 Å². The van der Waals surface area contributed by atoms with Gasteiger partial charge in [-0.3, -0.25) is 0 Å². The number of nitriles is 1. The van der Waals surface area contributed by atoms with Crippen molar-refractivity contribution in [3.63, 3.8) is 0 Å². The van der Waals surface area contributed by atoms with Crippen molar-refractivity contribution >= 4 is 27.7 Å². The highest BCUT2D eigenvalue weighted by atomic mass is 79.9. The lowest BCUT2D eigenvalue weighted by atomic mass is 10.4. The number of thioether (sulfide) groups is 1. The van der Waals surface area contributed by atoms with E-state index in [1.807, 2.05) is 0 Å². The highest BCUT2D eigenvalue weighted by Gasteiger charge is 2.30. The summed E-state index contributed by atoms with van der Waals surface area (Å²) in [4.78, 5) is 2.39. The summed E-state index contributed by atoms with van der Waals surface area (Å²) in [5.41, 5.74) is -4.18.